The molecule has 0 bridgehead atoms. The molecule has 2 amide bonds. The lowest BCUT2D eigenvalue weighted by Gasteiger charge is -2.24. The molecule has 0 aliphatic carbocycles. The summed E-state index contributed by atoms with van der Waals surface area (Å²) in [5, 5.41) is 14.5. The van der Waals surface area contributed by atoms with Gasteiger partial charge in [0.25, 0.3) is 0 Å². The van der Waals surface area contributed by atoms with Gasteiger partial charge in [0.15, 0.2) is 0 Å². The molecule has 7 heteroatoms. The van der Waals surface area contributed by atoms with E-state index >= 15 is 0 Å². The van der Waals surface area contributed by atoms with Crippen molar-refractivity contribution in [3.63, 3.8) is 0 Å². The van der Waals surface area contributed by atoms with Gasteiger partial charge in [-0.25, -0.2) is 4.79 Å². The number of amides is 2. The molecule has 0 fully saturated rings. The fraction of sp³-hybridized carbons (Fsp3) is 0.857. The number of rotatable bonds is 7. The Kier molecular flexibility index (Phi) is 8.27. The lowest BCUT2D eigenvalue weighted by atomic mass is 10.0. The number of carbonyl (C=O) groups is 2. The molecular formula is C14H29N3O4. The number of hydrogen-bond donors (Lipinski definition) is 4. The summed E-state index contributed by atoms with van der Waals surface area (Å²) in [7, 11) is 0. The van der Waals surface area contributed by atoms with Gasteiger partial charge in [-0.1, -0.05) is 13.8 Å². The van der Waals surface area contributed by atoms with Crippen molar-refractivity contribution in [3.8, 4) is 0 Å². The number of alkyl carbamates (subject to hydrolysis) is 1. The molecule has 0 heterocycles. The van der Waals surface area contributed by atoms with Gasteiger partial charge in [0.2, 0.25) is 5.91 Å². The second-order valence-electron chi connectivity index (χ2n) is 6.46. The van der Waals surface area contributed by atoms with Gasteiger partial charge in [0.1, 0.15) is 11.6 Å². The van der Waals surface area contributed by atoms with Crippen molar-refractivity contribution < 1.29 is 19.4 Å². The molecule has 0 saturated heterocycles. The van der Waals surface area contributed by atoms with Crippen molar-refractivity contribution >= 4 is 12.0 Å². The predicted octanol–water partition coefficient (Wildman–Crippen LogP) is 0.362. The molecule has 0 aliphatic rings. The third-order valence-electron chi connectivity index (χ3n) is 2.50. The van der Waals surface area contributed by atoms with E-state index < -0.39 is 23.8 Å². The second kappa shape index (κ2) is 8.84. The smallest absolute Gasteiger partial charge is 0.408 e. The van der Waals surface area contributed by atoms with Gasteiger partial charge in [-0.3, -0.25) is 4.79 Å². The number of aliphatic hydroxyl groups excluding tert-OH is 1. The van der Waals surface area contributed by atoms with Crippen LogP contribution in [0.4, 0.5) is 4.79 Å². The molecule has 0 rings (SSSR count). The lowest BCUT2D eigenvalue weighted by molar-refractivity contribution is -0.124. The highest BCUT2D eigenvalue weighted by Gasteiger charge is 2.25. The summed E-state index contributed by atoms with van der Waals surface area (Å²) in [6.45, 7) is 9.28. The maximum Gasteiger partial charge on any atom is 0.408 e. The van der Waals surface area contributed by atoms with Crippen molar-refractivity contribution in [2.75, 3.05) is 13.1 Å². The summed E-state index contributed by atoms with van der Waals surface area (Å²) in [5.74, 6) is -0.142. The summed E-state index contributed by atoms with van der Waals surface area (Å²) < 4.78 is 5.15. The maximum absolute atomic E-state index is 12.1. The van der Waals surface area contributed by atoms with Crippen LogP contribution >= 0.6 is 0 Å². The first kappa shape index (κ1) is 19.7. The quantitative estimate of drug-likeness (QED) is 0.542. The molecule has 0 aliphatic heterocycles. The SMILES string of the molecule is CC(C)C[C@H](NC(=O)OC(C)(C)C)C(=O)NCC(O)CN. The minimum absolute atomic E-state index is 0.0555. The van der Waals surface area contributed by atoms with E-state index in [1.807, 2.05) is 13.8 Å². The van der Waals surface area contributed by atoms with Crippen molar-refractivity contribution in [3.05, 3.63) is 0 Å². The minimum Gasteiger partial charge on any atom is -0.444 e. The third kappa shape index (κ3) is 10.1. The zero-order valence-corrected chi connectivity index (χ0v) is 13.6. The Bertz CT molecular complexity index is 340. The van der Waals surface area contributed by atoms with Crippen LogP contribution in [-0.4, -0.2) is 47.9 Å². The summed E-state index contributed by atoms with van der Waals surface area (Å²) >= 11 is 0. The zero-order valence-electron chi connectivity index (χ0n) is 13.6. The molecule has 0 aromatic carbocycles. The fourth-order valence-electron chi connectivity index (χ4n) is 1.58. The summed E-state index contributed by atoms with van der Waals surface area (Å²) in [6.07, 6.45) is -0.957. The number of ether oxygens (including phenoxy) is 1. The van der Waals surface area contributed by atoms with Gasteiger partial charge < -0.3 is 26.2 Å². The minimum atomic E-state index is -0.796. The van der Waals surface area contributed by atoms with Crippen molar-refractivity contribution in [1.29, 1.82) is 0 Å². The van der Waals surface area contributed by atoms with Gasteiger partial charge in [-0.15, -0.1) is 0 Å². The molecule has 0 aromatic rings. The lowest BCUT2D eigenvalue weighted by Crippen LogP contribution is -2.50. The number of aliphatic hydroxyl groups is 1. The first-order valence-electron chi connectivity index (χ1n) is 7.20. The van der Waals surface area contributed by atoms with E-state index in [2.05, 4.69) is 10.6 Å². The van der Waals surface area contributed by atoms with E-state index in [1.165, 1.54) is 0 Å². The molecule has 2 atom stereocenters. The molecule has 0 saturated carbocycles. The van der Waals surface area contributed by atoms with Crippen LogP contribution in [0.5, 0.6) is 0 Å². The molecule has 1 unspecified atom stereocenters. The van der Waals surface area contributed by atoms with Crippen LogP contribution in [0.3, 0.4) is 0 Å². The Labute approximate surface area is 126 Å². The predicted molar refractivity (Wildman–Crippen MR) is 80.7 cm³/mol. The first-order valence-corrected chi connectivity index (χ1v) is 7.20. The molecule has 124 valence electrons. The monoisotopic (exact) mass is 303 g/mol. The Balaban J connectivity index is 4.57. The van der Waals surface area contributed by atoms with E-state index in [9.17, 15) is 14.7 Å². The highest BCUT2D eigenvalue weighted by molar-refractivity contribution is 5.85. The van der Waals surface area contributed by atoms with Crippen LogP contribution in [0.25, 0.3) is 0 Å². The van der Waals surface area contributed by atoms with Gasteiger partial charge in [-0.2, -0.15) is 0 Å². The molecule has 0 aromatic heterocycles. The topological polar surface area (TPSA) is 114 Å². The standard InChI is InChI=1S/C14H29N3O4/c1-9(2)6-11(12(19)16-8-10(18)7-15)17-13(20)21-14(3,4)5/h9-11,18H,6-8,15H2,1-5H3,(H,16,19)(H,17,20)/t10?,11-/m0/s1. The van der Waals surface area contributed by atoms with E-state index in [0.29, 0.717) is 6.42 Å². The Morgan fingerprint density at radius 2 is 1.86 bits per heavy atom. The largest absolute Gasteiger partial charge is 0.444 e. The van der Waals surface area contributed by atoms with E-state index in [1.54, 1.807) is 20.8 Å². The van der Waals surface area contributed by atoms with Crippen LogP contribution in [0.2, 0.25) is 0 Å². The van der Waals surface area contributed by atoms with Crippen LogP contribution in [0, 0.1) is 5.92 Å². The fourth-order valence-corrected chi connectivity index (χ4v) is 1.58. The van der Waals surface area contributed by atoms with E-state index in [-0.39, 0.29) is 24.9 Å². The molecule has 5 N–H and O–H groups in total. The summed E-state index contributed by atoms with van der Waals surface area (Å²) in [5.41, 5.74) is 4.65. The van der Waals surface area contributed by atoms with Crippen molar-refractivity contribution in [2.45, 2.75) is 58.8 Å². The third-order valence-corrected chi connectivity index (χ3v) is 2.50. The van der Waals surface area contributed by atoms with Gasteiger partial charge in [-0.05, 0) is 33.1 Å². The molecule has 0 spiro atoms. The first-order chi connectivity index (χ1) is 9.55. The van der Waals surface area contributed by atoms with Gasteiger partial charge in [0.05, 0.1) is 6.10 Å². The number of nitrogens with two attached hydrogens (primary N) is 1. The molecule has 21 heavy (non-hydrogen) atoms. The highest BCUT2D eigenvalue weighted by atomic mass is 16.6. The number of carbonyl (C=O) groups excluding carboxylic acids is 2. The Morgan fingerprint density at radius 1 is 1.29 bits per heavy atom. The highest BCUT2D eigenvalue weighted by Crippen LogP contribution is 2.09. The summed E-state index contributed by atoms with van der Waals surface area (Å²) in [6, 6.07) is -0.704. The molecule has 0 radical (unpaired) electrons. The molecule has 7 nitrogen and oxygen atoms in total. The van der Waals surface area contributed by atoms with Gasteiger partial charge in [0, 0.05) is 13.1 Å². The normalized spacial score (nSPS) is 14.5. The average molecular weight is 303 g/mol. The second-order valence-corrected chi connectivity index (χ2v) is 6.46. The van der Waals surface area contributed by atoms with Crippen molar-refractivity contribution in [1.82, 2.24) is 10.6 Å². The van der Waals surface area contributed by atoms with Crippen molar-refractivity contribution in [2.24, 2.45) is 11.7 Å². The van der Waals surface area contributed by atoms with Crippen LogP contribution in [-0.2, 0) is 9.53 Å². The van der Waals surface area contributed by atoms with E-state index in [0.717, 1.165) is 0 Å². The Morgan fingerprint density at radius 3 is 2.29 bits per heavy atom. The molecular weight excluding hydrogens is 274 g/mol. The van der Waals surface area contributed by atoms with Crippen LogP contribution in [0.15, 0.2) is 0 Å². The average Bonchev–Trinajstić information content (AvgIpc) is 2.31. The number of hydrogen-bond acceptors (Lipinski definition) is 5. The van der Waals surface area contributed by atoms with Crippen LogP contribution in [0.1, 0.15) is 41.0 Å². The van der Waals surface area contributed by atoms with Gasteiger partial charge >= 0.3 is 6.09 Å². The summed E-state index contributed by atoms with van der Waals surface area (Å²) in [4.78, 5) is 23.8. The van der Waals surface area contributed by atoms with E-state index in [4.69, 9.17) is 10.5 Å². The maximum atomic E-state index is 12.1. The Hall–Kier alpha value is -1.34. The number of nitrogens with one attached hydrogen (secondary N) is 2. The van der Waals surface area contributed by atoms with Crippen LogP contribution < -0.4 is 16.4 Å². The zero-order chi connectivity index (χ0) is 16.6.